The predicted molar refractivity (Wildman–Crippen MR) is 72.1 cm³/mol. The minimum absolute atomic E-state index is 0.216. The molecule has 1 N–H and O–H groups in total. The fraction of sp³-hybridized carbons (Fsp3) is 1.00. The summed E-state index contributed by atoms with van der Waals surface area (Å²) in [6.07, 6.45) is 9.96. The van der Waals surface area contributed by atoms with Gasteiger partial charge in [0.15, 0.2) is 0 Å². The van der Waals surface area contributed by atoms with Crippen molar-refractivity contribution in [2.24, 2.45) is 11.8 Å². The van der Waals surface area contributed by atoms with E-state index in [0.717, 1.165) is 18.9 Å². The summed E-state index contributed by atoms with van der Waals surface area (Å²) in [5.74, 6) is 1.22. The van der Waals surface area contributed by atoms with Gasteiger partial charge in [0, 0.05) is 6.61 Å². The summed E-state index contributed by atoms with van der Waals surface area (Å²) in [5, 5.41) is 10.1. The van der Waals surface area contributed by atoms with Crippen LogP contribution in [0.2, 0.25) is 0 Å². The molecule has 0 aromatic heterocycles. The van der Waals surface area contributed by atoms with E-state index >= 15 is 0 Å². The number of rotatable bonds is 8. The normalized spacial score (nSPS) is 27.0. The molecule has 0 spiro atoms. The van der Waals surface area contributed by atoms with Gasteiger partial charge in [-0.05, 0) is 18.3 Å². The molecule has 1 aliphatic heterocycles. The Kier molecular flexibility index (Phi) is 7.87. The largest absolute Gasteiger partial charge is 0.390 e. The third kappa shape index (κ3) is 5.39. The van der Waals surface area contributed by atoms with E-state index in [1.165, 1.54) is 44.9 Å². The van der Waals surface area contributed by atoms with E-state index in [9.17, 15) is 5.11 Å². The minimum Gasteiger partial charge on any atom is -0.390 e. The fourth-order valence-electron chi connectivity index (χ4n) is 2.98. The zero-order chi connectivity index (χ0) is 12.5. The Morgan fingerprint density at radius 1 is 1.12 bits per heavy atom. The van der Waals surface area contributed by atoms with Crippen molar-refractivity contribution in [2.75, 3.05) is 13.2 Å². The number of hydrogen-bond acceptors (Lipinski definition) is 2. The van der Waals surface area contributed by atoms with Crippen molar-refractivity contribution in [2.45, 2.75) is 71.3 Å². The first-order valence-electron chi connectivity index (χ1n) is 7.55. The van der Waals surface area contributed by atoms with E-state index in [-0.39, 0.29) is 6.10 Å². The standard InChI is InChI=1S/C15H30O2/c1-3-5-7-9-13(8-6-4-2)14-10-11-17-12-15(14)16/h13-16H,3-12H2,1-2H3. The first-order chi connectivity index (χ1) is 8.29. The van der Waals surface area contributed by atoms with Gasteiger partial charge in [-0.3, -0.25) is 0 Å². The van der Waals surface area contributed by atoms with Gasteiger partial charge in [-0.1, -0.05) is 58.8 Å². The Bertz CT molecular complexity index is 182. The maximum absolute atomic E-state index is 10.1. The molecule has 2 nitrogen and oxygen atoms in total. The van der Waals surface area contributed by atoms with Crippen LogP contribution in [0.5, 0.6) is 0 Å². The summed E-state index contributed by atoms with van der Waals surface area (Å²) in [4.78, 5) is 0. The molecule has 1 rings (SSSR count). The summed E-state index contributed by atoms with van der Waals surface area (Å²) < 4.78 is 5.34. The van der Waals surface area contributed by atoms with Crippen molar-refractivity contribution in [1.82, 2.24) is 0 Å². The van der Waals surface area contributed by atoms with Gasteiger partial charge in [-0.2, -0.15) is 0 Å². The summed E-state index contributed by atoms with van der Waals surface area (Å²) in [5.41, 5.74) is 0. The first-order valence-corrected chi connectivity index (χ1v) is 7.55. The molecule has 0 aliphatic carbocycles. The molecule has 0 bridgehead atoms. The number of unbranched alkanes of at least 4 members (excludes halogenated alkanes) is 3. The summed E-state index contributed by atoms with van der Waals surface area (Å²) in [6.45, 7) is 5.91. The summed E-state index contributed by atoms with van der Waals surface area (Å²) in [7, 11) is 0. The van der Waals surface area contributed by atoms with E-state index in [2.05, 4.69) is 13.8 Å². The highest BCUT2D eigenvalue weighted by Crippen LogP contribution is 2.32. The Labute approximate surface area is 107 Å². The van der Waals surface area contributed by atoms with Gasteiger partial charge in [0.05, 0.1) is 12.7 Å². The molecule has 3 unspecified atom stereocenters. The lowest BCUT2D eigenvalue weighted by atomic mass is 9.78. The van der Waals surface area contributed by atoms with Gasteiger partial charge in [0.1, 0.15) is 0 Å². The van der Waals surface area contributed by atoms with Crippen LogP contribution in [0.4, 0.5) is 0 Å². The third-order valence-electron chi connectivity index (χ3n) is 4.09. The van der Waals surface area contributed by atoms with Crippen molar-refractivity contribution in [3.8, 4) is 0 Å². The molecule has 3 atom stereocenters. The molecule has 0 aromatic carbocycles. The van der Waals surface area contributed by atoms with E-state index in [4.69, 9.17) is 4.74 Å². The van der Waals surface area contributed by atoms with Gasteiger partial charge in [0.25, 0.3) is 0 Å². The maximum atomic E-state index is 10.1. The fourth-order valence-corrected chi connectivity index (χ4v) is 2.98. The lowest BCUT2D eigenvalue weighted by Gasteiger charge is -2.34. The molecule has 1 fully saturated rings. The molecule has 0 radical (unpaired) electrons. The number of ether oxygens (including phenoxy) is 1. The zero-order valence-electron chi connectivity index (χ0n) is 11.7. The van der Waals surface area contributed by atoms with Gasteiger partial charge in [0.2, 0.25) is 0 Å². The smallest absolute Gasteiger partial charge is 0.0805 e. The molecule has 102 valence electrons. The molecule has 0 saturated carbocycles. The predicted octanol–water partition coefficient (Wildman–Crippen LogP) is 3.77. The molecule has 1 saturated heterocycles. The summed E-state index contributed by atoms with van der Waals surface area (Å²) in [6, 6.07) is 0. The van der Waals surface area contributed by atoms with Crippen LogP contribution in [0.3, 0.4) is 0 Å². The van der Waals surface area contributed by atoms with Crippen molar-refractivity contribution < 1.29 is 9.84 Å². The average Bonchev–Trinajstić information content (AvgIpc) is 2.35. The van der Waals surface area contributed by atoms with Crippen LogP contribution in [0.15, 0.2) is 0 Å². The monoisotopic (exact) mass is 242 g/mol. The maximum Gasteiger partial charge on any atom is 0.0805 e. The molecule has 0 aromatic rings. The second-order valence-corrected chi connectivity index (χ2v) is 5.49. The third-order valence-corrected chi connectivity index (χ3v) is 4.09. The average molecular weight is 242 g/mol. The first kappa shape index (κ1) is 15.0. The Hall–Kier alpha value is -0.0800. The van der Waals surface area contributed by atoms with Crippen LogP contribution in [-0.4, -0.2) is 24.4 Å². The second kappa shape index (κ2) is 8.93. The van der Waals surface area contributed by atoms with E-state index in [1.807, 2.05) is 0 Å². The highest BCUT2D eigenvalue weighted by Gasteiger charge is 2.30. The topological polar surface area (TPSA) is 29.5 Å². The van der Waals surface area contributed by atoms with Gasteiger partial charge in [-0.25, -0.2) is 0 Å². The van der Waals surface area contributed by atoms with Gasteiger partial charge >= 0.3 is 0 Å². The van der Waals surface area contributed by atoms with Crippen molar-refractivity contribution >= 4 is 0 Å². The zero-order valence-corrected chi connectivity index (χ0v) is 11.7. The number of aliphatic hydroxyl groups excluding tert-OH is 1. The van der Waals surface area contributed by atoms with Crippen LogP contribution in [-0.2, 0) is 4.74 Å². The highest BCUT2D eigenvalue weighted by atomic mass is 16.5. The lowest BCUT2D eigenvalue weighted by Crippen LogP contribution is -2.37. The van der Waals surface area contributed by atoms with Crippen molar-refractivity contribution in [1.29, 1.82) is 0 Å². The Morgan fingerprint density at radius 2 is 1.82 bits per heavy atom. The molecule has 17 heavy (non-hydrogen) atoms. The van der Waals surface area contributed by atoms with Crippen molar-refractivity contribution in [3.63, 3.8) is 0 Å². The molecular weight excluding hydrogens is 212 g/mol. The number of hydrogen-bond donors (Lipinski definition) is 1. The van der Waals surface area contributed by atoms with Gasteiger partial charge < -0.3 is 9.84 Å². The van der Waals surface area contributed by atoms with Crippen LogP contribution in [0.1, 0.15) is 65.2 Å². The van der Waals surface area contributed by atoms with E-state index < -0.39 is 0 Å². The highest BCUT2D eigenvalue weighted by molar-refractivity contribution is 4.79. The molecule has 0 amide bonds. The van der Waals surface area contributed by atoms with Crippen molar-refractivity contribution in [3.05, 3.63) is 0 Å². The van der Waals surface area contributed by atoms with Crippen LogP contribution in [0, 0.1) is 11.8 Å². The minimum atomic E-state index is -0.216. The quantitative estimate of drug-likeness (QED) is 0.657. The molecule has 2 heteroatoms. The summed E-state index contributed by atoms with van der Waals surface area (Å²) >= 11 is 0. The van der Waals surface area contributed by atoms with Gasteiger partial charge in [-0.15, -0.1) is 0 Å². The second-order valence-electron chi connectivity index (χ2n) is 5.49. The lowest BCUT2D eigenvalue weighted by molar-refractivity contribution is -0.0646. The molecule has 1 aliphatic rings. The Balaban J connectivity index is 2.41. The molecule has 1 heterocycles. The van der Waals surface area contributed by atoms with E-state index in [1.54, 1.807) is 0 Å². The van der Waals surface area contributed by atoms with E-state index in [0.29, 0.717) is 12.5 Å². The van der Waals surface area contributed by atoms with Crippen LogP contribution < -0.4 is 0 Å². The molecular formula is C15H30O2. The number of aliphatic hydroxyl groups is 1. The van der Waals surface area contributed by atoms with Crippen LogP contribution in [0.25, 0.3) is 0 Å². The SMILES string of the molecule is CCCCCC(CCCC)C1CCOCC1O. The van der Waals surface area contributed by atoms with Crippen LogP contribution >= 0.6 is 0 Å². The Morgan fingerprint density at radius 3 is 2.47 bits per heavy atom.